The molecule has 232 valence electrons. The first kappa shape index (κ1) is 31.1. The predicted octanol–water partition coefficient (Wildman–Crippen LogP) is 7.30. The molecular formula is C34H33Cl2FN6O2. The summed E-state index contributed by atoms with van der Waals surface area (Å²) >= 11 is 12.2. The molecule has 0 bridgehead atoms. The second-order valence-corrected chi connectivity index (χ2v) is 12.9. The Morgan fingerprint density at radius 3 is 2.18 bits per heavy atom. The summed E-state index contributed by atoms with van der Waals surface area (Å²) in [5.74, 6) is -0.278. The van der Waals surface area contributed by atoms with Crippen molar-refractivity contribution in [1.29, 1.82) is 0 Å². The van der Waals surface area contributed by atoms with Gasteiger partial charge in [0, 0.05) is 15.6 Å². The maximum absolute atomic E-state index is 13.3. The summed E-state index contributed by atoms with van der Waals surface area (Å²) in [5.41, 5.74) is 2.13. The fourth-order valence-electron chi connectivity index (χ4n) is 6.01. The van der Waals surface area contributed by atoms with Crippen LogP contribution >= 0.6 is 23.2 Å². The molecule has 2 aromatic heterocycles. The Morgan fingerprint density at radius 1 is 0.911 bits per heavy atom. The standard InChI is InChI=1S/C17H13ClFN3O.C17H20ClN3O/c18-15-4-2-1-3-14(15)16-17(23-16,9-22-11-20-10-21-22)12-5-7-13(19)8-6-12;1-16(2)8-7-14(9-13-3-5-15(18)6-4-13)17(16,22)10-21-12-19-11-20-21/h1-8,10-11,16H,9H2;3-6,9,11-12,22H,7-8,10H2,1-2H3/b;14-9+. The number of aromatic nitrogens is 6. The molecular weight excluding hydrogens is 614 g/mol. The van der Waals surface area contributed by atoms with Gasteiger partial charge in [-0.3, -0.25) is 0 Å². The molecule has 1 saturated carbocycles. The lowest BCUT2D eigenvalue weighted by Gasteiger charge is -2.37. The molecule has 2 fully saturated rings. The van der Waals surface area contributed by atoms with Crippen molar-refractivity contribution >= 4 is 29.3 Å². The van der Waals surface area contributed by atoms with Gasteiger partial charge in [0.15, 0.2) is 0 Å². The first-order chi connectivity index (χ1) is 21.6. The van der Waals surface area contributed by atoms with Crippen LogP contribution in [0.5, 0.6) is 0 Å². The minimum absolute atomic E-state index is 0.203. The van der Waals surface area contributed by atoms with Gasteiger partial charge in [0.1, 0.15) is 48.4 Å². The summed E-state index contributed by atoms with van der Waals surface area (Å²) < 4.78 is 22.7. The third-order valence-corrected chi connectivity index (χ3v) is 9.41. The van der Waals surface area contributed by atoms with Gasteiger partial charge in [-0.05, 0) is 65.3 Å². The molecule has 3 heterocycles. The average molecular weight is 648 g/mol. The van der Waals surface area contributed by atoms with E-state index < -0.39 is 11.2 Å². The van der Waals surface area contributed by atoms with E-state index in [9.17, 15) is 9.50 Å². The Morgan fingerprint density at radius 2 is 1.56 bits per heavy atom. The first-order valence-corrected chi connectivity index (χ1v) is 15.4. The van der Waals surface area contributed by atoms with Crippen molar-refractivity contribution in [3.63, 3.8) is 0 Å². The number of hydrogen-bond donors (Lipinski definition) is 1. The number of epoxide rings is 1. The molecule has 45 heavy (non-hydrogen) atoms. The molecule has 1 aliphatic carbocycles. The number of ether oxygens (including phenoxy) is 1. The normalized spacial score (nSPS) is 24.3. The first-order valence-electron chi connectivity index (χ1n) is 14.6. The number of nitrogens with zero attached hydrogens (tertiary/aromatic N) is 6. The molecule has 0 spiro atoms. The Balaban J connectivity index is 0.000000159. The highest BCUT2D eigenvalue weighted by molar-refractivity contribution is 6.31. The van der Waals surface area contributed by atoms with Crippen molar-refractivity contribution < 1.29 is 14.2 Å². The lowest BCUT2D eigenvalue weighted by molar-refractivity contribution is -0.0298. The van der Waals surface area contributed by atoms with Gasteiger partial charge in [-0.1, -0.05) is 85.6 Å². The van der Waals surface area contributed by atoms with E-state index in [1.807, 2.05) is 48.5 Å². The van der Waals surface area contributed by atoms with Crippen molar-refractivity contribution in [2.45, 2.75) is 57.1 Å². The van der Waals surface area contributed by atoms with Crippen LogP contribution in [-0.4, -0.2) is 40.2 Å². The number of hydrogen-bond acceptors (Lipinski definition) is 6. The minimum Gasteiger partial charge on any atom is -0.383 e. The van der Waals surface area contributed by atoms with E-state index in [4.69, 9.17) is 27.9 Å². The van der Waals surface area contributed by atoms with E-state index >= 15 is 0 Å². The maximum Gasteiger partial charge on any atom is 0.144 e. The van der Waals surface area contributed by atoms with Gasteiger partial charge in [-0.2, -0.15) is 10.2 Å². The lowest BCUT2D eigenvalue weighted by Crippen LogP contribution is -2.45. The number of aliphatic hydroxyl groups is 1. The van der Waals surface area contributed by atoms with Gasteiger partial charge >= 0.3 is 0 Å². The molecule has 11 heteroatoms. The average Bonchev–Trinajstić information content (AvgIpc) is 3.36. The van der Waals surface area contributed by atoms with Crippen molar-refractivity contribution in [3.05, 3.63) is 136 Å². The largest absolute Gasteiger partial charge is 0.383 e. The molecule has 2 aliphatic rings. The Bertz CT molecular complexity index is 1760. The zero-order chi connectivity index (χ0) is 31.7. The quantitative estimate of drug-likeness (QED) is 0.186. The summed E-state index contributed by atoms with van der Waals surface area (Å²) in [5, 5.41) is 21.0. The zero-order valence-electron chi connectivity index (χ0n) is 24.9. The fourth-order valence-corrected chi connectivity index (χ4v) is 6.37. The van der Waals surface area contributed by atoms with Gasteiger partial charge in [0.05, 0.1) is 13.1 Å². The van der Waals surface area contributed by atoms with E-state index in [1.54, 1.807) is 34.2 Å². The van der Waals surface area contributed by atoms with Crippen LogP contribution in [0.2, 0.25) is 10.0 Å². The molecule has 3 atom stereocenters. The van der Waals surface area contributed by atoms with E-state index in [0.29, 0.717) is 23.1 Å². The maximum atomic E-state index is 13.3. The minimum atomic E-state index is -0.930. The molecule has 1 saturated heterocycles. The van der Waals surface area contributed by atoms with Crippen LogP contribution in [0.4, 0.5) is 4.39 Å². The zero-order valence-corrected chi connectivity index (χ0v) is 26.4. The van der Waals surface area contributed by atoms with Crippen LogP contribution in [0, 0.1) is 11.2 Å². The third kappa shape index (κ3) is 6.44. The highest BCUT2D eigenvalue weighted by Gasteiger charge is 2.59. The summed E-state index contributed by atoms with van der Waals surface area (Å²) in [6.45, 7) is 5.10. The van der Waals surface area contributed by atoms with E-state index in [0.717, 1.165) is 35.1 Å². The van der Waals surface area contributed by atoms with E-state index in [-0.39, 0.29) is 17.3 Å². The van der Waals surface area contributed by atoms with Crippen LogP contribution in [0.1, 0.15) is 49.5 Å². The molecule has 8 nitrogen and oxygen atoms in total. The van der Waals surface area contributed by atoms with Gasteiger partial charge in [0.25, 0.3) is 0 Å². The molecule has 1 aliphatic heterocycles. The van der Waals surface area contributed by atoms with Gasteiger partial charge < -0.3 is 9.84 Å². The molecule has 0 amide bonds. The SMILES string of the molecule is CC1(C)CC/C(=C\c2ccc(Cl)cc2)C1(O)Cn1cncn1.Fc1ccc(C2(Cn3cncn3)OC2c2ccccc2Cl)cc1. The molecule has 7 rings (SSSR count). The fraction of sp³-hybridized carbons (Fsp3) is 0.294. The van der Waals surface area contributed by atoms with Crippen LogP contribution in [0.15, 0.2) is 104 Å². The monoisotopic (exact) mass is 646 g/mol. The number of halogens is 3. The second kappa shape index (κ2) is 12.5. The Kier molecular flexibility index (Phi) is 8.63. The molecule has 3 unspecified atom stereocenters. The second-order valence-electron chi connectivity index (χ2n) is 12.1. The van der Waals surface area contributed by atoms with Crippen molar-refractivity contribution in [2.75, 3.05) is 0 Å². The smallest absolute Gasteiger partial charge is 0.144 e. The highest BCUT2D eigenvalue weighted by atomic mass is 35.5. The van der Waals surface area contributed by atoms with Crippen LogP contribution in [0.25, 0.3) is 6.08 Å². The number of benzene rings is 3. The molecule has 5 aromatic rings. The summed E-state index contributed by atoms with van der Waals surface area (Å²) in [6.07, 6.45) is 9.94. The van der Waals surface area contributed by atoms with Gasteiger partial charge in [-0.25, -0.2) is 23.7 Å². The van der Waals surface area contributed by atoms with Crippen molar-refractivity contribution in [2.24, 2.45) is 5.41 Å². The predicted molar refractivity (Wildman–Crippen MR) is 171 cm³/mol. The lowest BCUT2D eigenvalue weighted by atomic mass is 9.76. The van der Waals surface area contributed by atoms with Crippen molar-refractivity contribution in [3.8, 4) is 0 Å². The topological polar surface area (TPSA) is 94.2 Å². The molecule has 0 radical (unpaired) electrons. The van der Waals surface area contributed by atoms with E-state index in [2.05, 4.69) is 40.1 Å². The van der Waals surface area contributed by atoms with Crippen molar-refractivity contribution in [1.82, 2.24) is 29.5 Å². The molecule has 1 N–H and O–H groups in total. The van der Waals surface area contributed by atoms with E-state index in [1.165, 1.54) is 24.8 Å². The summed E-state index contributed by atoms with van der Waals surface area (Å²) in [6, 6.07) is 21.6. The van der Waals surface area contributed by atoms with Gasteiger partial charge in [0.2, 0.25) is 0 Å². The van der Waals surface area contributed by atoms with Crippen LogP contribution in [0.3, 0.4) is 0 Å². The summed E-state index contributed by atoms with van der Waals surface area (Å²) in [7, 11) is 0. The number of rotatable bonds is 7. The Hall–Kier alpha value is -3.89. The Labute approximate surface area is 271 Å². The van der Waals surface area contributed by atoms with Crippen LogP contribution in [-0.2, 0) is 23.4 Å². The highest BCUT2D eigenvalue weighted by Crippen LogP contribution is 2.59. The van der Waals surface area contributed by atoms with Crippen LogP contribution < -0.4 is 0 Å². The molecule has 3 aromatic carbocycles. The summed E-state index contributed by atoms with van der Waals surface area (Å²) in [4.78, 5) is 7.94. The van der Waals surface area contributed by atoms with Gasteiger partial charge in [-0.15, -0.1) is 0 Å². The third-order valence-electron chi connectivity index (χ3n) is 8.82.